The molecule has 7 nitrogen and oxygen atoms in total. The number of anilines is 1. The summed E-state index contributed by atoms with van der Waals surface area (Å²) in [5, 5.41) is 11.7. The van der Waals surface area contributed by atoms with E-state index >= 15 is 0 Å². The fourth-order valence-electron chi connectivity index (χ4n) is 4.11. The number of aromatic nitrogens is 3. The molecule has 0 saturated carbocycles. The maximum Gasteiger partial charge on any atom is 0.160 e. The quantitative estimate of drug-likeness (QED) is 0.837. The standard InChI is InChI=1S/C20H32N6O/c1-14(2)18-12-22-26-19(10-15(3)23-20(18)26)24-16-4-7-25(8-5-16)13-17-11-21-6-9-27-17/h10,12,14,16-17,21,24H,4-9,11,13H2,1-3H3/t17-/m0/s1. The number of hydrogen-bond donors (Lipinski definition) is 2. The average molecular weight is 373 g/mol. The van der Waals surface area contributed by atoms with E-state index in [0.29, 0.717) is 18.1 Å². The third-order valence-corrected chi connectivity index (χ3v) is 5.65. The van der Waals surface area contributed by atoms with Gasteiger partial charge in [-0.05, 0) is 25.7 Å². The predicted molar refractivity (Wildman–Crippen MR) is 108 cm³/mol. The summed E-state index contributed by atoms with van der Waals surface area (Å²) in [6.07, 6.45) is 4.57. The predicted octanol–water partition coefficient (Wildman–Crippen LogP) is 2.03. The van der Waals surface area contributed by atoms with E-state index in [1.165, 1.54) is 5.56 Å². The largest absolute Gasteiger partial charge is 0.374 e. The highest BCUT2D eigenvalue weighted by Crippen LogP contribution is 2.24. The van der Waals surface area contributed by atoms with E-state index in [1.54, 1.807) is 0 Å². The minimum Gasteiger partial charge on any atom is -0.374 e. The maximum atomic E-state index is 5.85. The molecule has 2 aromatic rings. The molecule has 7 heteroatoms. The van der Waals surface area contributed by atoms with Crippen LogP contribution in [0.2, 0.25) is 0 Å². The van der Waals surface area contributed by atoms with Crippen molar-refractivity contribution in [2.45, 2.75) is 51.7 Å². The van der Waals surface area contributed by atoms with E-state index < -0.39 is 0 Å². The minimum atomic E-state index is 0.337. The molecule has 0 amide bonds. The fraction of sp³-hybridized carbons (Fsp3) is 0.700. The van der Waals surface area contributed by atoms with Crippen molar-refractivity contribution in [3.63, 3.8) is 0 Å². The molecular weight excluding hydrogens is 340 g/mol. The number of piperidine rings is 1. The van der Waals surface area contributed by atoms with Crippen molar-refractivity contribution in [2.24, 2.45) is 0 Å². The summed E-state index contributed by atoms with van der Waals surface area (Å²) in [5.41, 5.74) is 3.22. The first-order valence-corrected chi connectivity index (χ1v) is 10.3. The first-order valence-electron chi connectivity index (χ1n) is 10.3. The second-order valence-electron chi connectivity index (χ2n) is 8.19. The smallest absolute Gasteiger partial charge is 0.160 e. The molecule has 2 aliphatic rings. The number of morpholine rings is 1. The zero-order chi connectivity index (χ0) is 18.8. The number of fused-ring (bicyclic) bond motifs is 1. The summed E-state index contributed by atoms with van der Waals surface area (Å²) in [6, 6.07) is 2.58. The van der Waals surface area contributed by atoms with Crippen LogP contribution in [0, 0.1) is 6.92 Å². The second-order valence-corrected chi connectivity index (χ2v) is 8.19. The molecule has 0 unspecified atom stereocenters. The lowest BCUT2D eigenvalue weighted by Gasteiger charge is -2.35. The molecule has 1 atom stereocenters. The molecule has 0 radical (unpaired) electrons. The topological polar surface area (TPSA) is 66.7 Å². The van der Waals surface area contributed by atoms with Crippen LogP contribution in [0.15, 0.2) is 12.3 Å². The molecule has 0 aromatic carbocycles. The Kier molecular flexibility index (Phi) is 5.61. The number of likely N-dealkylation sites (tertiary alicyclic amines) is 1. The van der Waals surface area contributed by atoms with Crippen LogP contribution in [0.3, 0.4) is 0 Å². The first kappa shape index (κ1) is 18.7. The lowest BCUT2D eigenvalue weighted by Crippen LogP contribution is -2.48. The van der Waals surface area contributed by atoms with Crippen LogP contribution in [-0.4, -0.2) is 71.0 Å². The van der Waals surface area contributed by atoms with Gasteiger partial charge in [-0.2, -0.15) is 9.61 Å². The summed E-state index contributed by atoms with van der Waals surface area (Å²) in [7, 11) is 0. The zero-order valence-electron chi connectivity index (χ0n) is 16.7. The van der Waals surface area contributed by atoms with Crippen molar-refractivity contribution in [3.8, 4) is 0 Å². The Morgan fingerprint density at radius 3 is 2.85 bits per heavy atom. The summed E-state index contributed by atoms with van der Waals surface area (Å²) in [5.74, 6) is 1.48. The van der Waals surface area contributed by atoms with Gasteiger partial charge in [-0.15, -0.1) is 0 Å². The van der Waals surface area contributed by atoms with Gasteiger partial charge in [0.1, 0.15) is 5.82 Å². The van der Waals surface area contributed by atoms with Crippen molar-refractivity contribution in [2.75, 3.05) is 44.6 Å². The SMILES string of the molecule is Cc1cc(NC2CCN(C[C@@H]3CNCCO3)CC2)n2ncc(C(C)C)c2n1. The molecule has 2 fully saturated rings. The van der Waals surface area contributed by atoms with Crippen molar-refractivity contribution < 1.29 is 4.74 Å². The summed E-state index contributed by atoms with van der Waals surface area (Å²) >= 11 is 0. The van der Waals surface area contributed by atoms with Crippen LogP contribution in [0.25, 0.3) is 5.65 Å². The molecule has 2 saturated heterocycles. The Hall–Kier alpha value is -1.70. The van der Waals surface area contributed by atoms with E-state index in [0.717, 1.165) is 69.3 Å². The minimum absolute atomic E-state index is 0.337. The van der Waals surface area contributed by atoms with Crippen LogP contribution in [0.1, 0.15) is 43.9 Å². The highest BCUT2D eigenvalue weighted by molar-refractivity contribution is 5.55. The Balaban J connectivity index is 1.39. The number of ether oxygens (including phenoxy) is 1. The summed E-state index contributed by atoms with van der Waals surface area (Å²) in [4.78, 5) is 7.26. The average Bonchev–Trinajstić information content (AvgIpc) is 3.08. The Morgan fingerprint density at radius 2 is 2.15 bits per heavy atom. The van der Waals surface area contributed by atoms with E-state index in [4.69, 9.17) is 9.72 Å². The van der Waals surface area contributed by atoms with Crippen LogP contribution in [0.5, 0.6) is 0 Å². The van der Waals surface area contributed by atoms with E-state index in [-0.39, 0.29) is 0 Å². The molecule has 27 heavy (non-hydrogen) atoms. The van der Waals surface area contributed by atoms with Gasteiger partial charge < -0.3 is 20.3 Å². The molecule has 4 rings (SSSR count). The molecular formula is C20H32N6O. The van der Waals surface area contributed by atoms with Crippen LogP contribution in [-0.2, 0) is 4.74 Å². The second kappa shape index (κ2) is 8.12. The van der Waals surface area contributed by atoms with Crippen molar-refractivity contribution in [1.29, 1.82) is 0 Å². The van der Waals surface area contributed by atoms with Crippen LogP contribution in [0.4, 0.5) is 5.82 Å². The van der Waals surface area contributed by atoms with Gasteiger partial charge in [0, 0.05) is 56.1 Å². The van der Waals surface area contributed by atoms with Gasteiger partial charge in [0.15, 0.2) is 5.65 Å². The number of rotatable bonds is 5. The Bertz CT molecular complexity index is 759. The van der Waals surface area contributed by atoms with Crippen molar-refractivity contribution in [1.82, 2.24) is 24.8 Å². The van der Waals surface area contributed by atoms with Gasteiger partial charge in [-0.1, -0.05) is 13.8 Å². The number of nitrogens with one attached hydrogen (secondary N) is 2. The van der Waals surface area contributed by atoms with Crippen LogP contribution >= 0.6 is 0 Å². The number of nitrogens with zero attached hydrogens (tertiary/aromatic N) is 4. The van der Waals surface area contributed by atoms with Gasteiger partial charge in [0.05, 0.1) is 18.9 Å². The number of aryl methyl sites for hydroxylation is 1. The molecule has 2 aliphatic heterocycles. The molecule has 2 aromatic heterocycles. The Morgan fingerprint density at radius 1 is 1.33 bits per heavy atom. The highest BCUT2D eigenvalue weighted by atomic mass is 16.5. The molecule has 0 spiro atoms. The normalized spacial score (nSPS) is 22.6. The molecule has 2 N–H and O–H groups in total. The third-order valence-electron chi connectivity index (χ3n) is 5.65. The van der Waals surface area contributed by atoms with Gasteiger partial charge in [0.2, 0.25) is 0 Å². The van der Waals surface area contributed by atoms with Gasteiger partial charge >= 0.3 is 0 Å². The molecule has 4 heterocycles. The maximum absolute atomic E-state index is 5.85. The number of hydrogen-bond acceptors (Lipinski definition) is 6. The molecule has 0 aliphatic carbocycles. The van der Waals surface area contributed by atoms with Crippen molar-refractivity contribution in [3.05, 3.63) is 23.5 Å². The van der Waals surface area contributed by atoms with E-state index in [1.807, 2.05) is 10.7 Å². The monoisotopic (exact) mass is 372 g/mol. The first-order chi connectivity index (χ1) is 13.1. The zero-order valence-corrected chi connectivity index (χ0v) is 16.7. The molecule has 0 bridgehead atoms. The molecule has 148 valence electrons. The Labute approximate surface area is 161 Å². The highest BCUT2D eigenvalue weighted by Gasteiger charge is 2.24. The van der Waals surface area contributed by atoms with E-state index in [2.05, 4.69) is 47.5 Å². The lowest BCUT2D eigenvalue weighted by atomic mass is 10.0. The lowest BCUT2D eigenvalue weighted by molar-refractivity contribution is 0.00178. The van der Waals surface area contributed by atoms with Crippen molar-refractivity contribution >= 4 is 11.5 Å². The summed E-state index contributed by atoms with van der Waals surface area (Å²) < 4.78 is 7.82. The third kappa shape index (κ3) is 4.25. The van der Waals surface area contributed by atoms with E-state index in [9.17, 15) is 0 Å². The van der Waals surface area contributed by atoms with Crippen LogP contribution < -0.4 is 10.6 Å². The van der Waals surface area contributed by atoms with Gasteiger partial charge in [0.25, 0.3) is 0 Å². The van der Waals surface area contributed by atoms with Gasteiger partial charge in [-0.3, -0.25) is 0 Å². The fourth-order valence-corrected chi connectivity index (χ4v) is 4.11. The van der Waals surface area contributed by atoms with Gasteiger partial charge in [-0.25, -0.2) is 4.98 Å². The summed E-state index contributed by atoms with van der Waals surface area (Å²) in [6.45, 7) is 12.5.